The lowest BCUT2D eigenvalue weighted by atomic mass is 10.3. The summed E-state index contributed by atoms with van der Waals surface area (Å²) in [5, 5.41) is 22.0. The Morgan fingerprint density at radius 1 is 1.45 bits per heavy atom. The van der Waals surface area contributed by atoms with Crippen molar-refractivity contribution in [1.82, 2.24) is 21.1 Å². The molecular formula is C15H18BrFN8O4. The second kappa shape index (κ2) is 10.9. The summed E-state index contributed by atoms with van der Waals surface area (Å²) in [6, 6.07) is 4.07. The molecule has 0 saturated heterocycles. The lowest BCUT2D eigenvalue weighted by Crippen LogP contribution is -2.36. The Labute approximate surface area is 172 Å². The fourth-order valence-corrected chi connectivity index (χ4v) is 2.32. The molecule has 12 nitrogen and oxygen atoms in total. The number of anilines is 1. The number of alkyl carbamates (subject to hydrolysis) is 1. The number of hydrogen-bond donors (Lipinski definition) is 5. The van der Waals surface area contributed by atoms with Gasteiger partial charge < -0.3 is 15.8 Å². The molecule has 0 saturated carbocycles. The van der Waals surface area contributed by atoms with Crippen molar-refractivity contribution < 1.29 is 23.8 Å². The molecule has 2 rings (SSSR count). The van der Waals surface area contributed by atoms with Crippen LogP contribution in [0.1, 0.15) is 12.1 Å². The summed E-state index contributed by atoms with van der Waals surface area (Å²) in [6.45, 7) is 0.712. The zero-order valence-corrected chi connectivity index (χ0v) is 16.7. The molecule has 0 bridgehead atoms. The Kier molecular flexibility index (Phi) is 8.29. The Hall–Kier alpha value is -3.26. The molecule has 0 atom stereocenters. The number of aliphatic imine (C=N–C) groups is 2. The summed E-state index contributed by atoms with van der Waals surface area (Å²) in [4.78, 5) is 19.1. The van der Waals surface area contributed by atoms with E-state index in [0.29, 0.717) is 25.2 Å². The van der Waals surface area contributed by atoms with E-state index in [2.05, 4.69) is 56.2 Å². The molecule has 14 heteroatoms. The Balaban J connectivity index is 1.97. The van der Waals surface area contributed by atoms with Gasteiger partial charge in [-0.1, -0.05) is 0 Å². The number of ether oxygens (including phenoxy) is 1. The molecule has 2 aromatic rings. The van der Waals surface area contributed by atoms with Gasteiger partial charge in [-0.2, -0.15) is 0 Å². The minimum absolute atomic E-state index is 0.0585. The van der Waals surface area contributed by atoms with Gasteiger partial charge >= 0.3 is 6.09 Å². The molecule has 1 aromatic carbocycles. The molecule has 0 radical (unpaired) electrons. The van der Waals surface area contributed by atoms with E-state index in [0.717, 1.165) is 0 Å². The van der Waals surface area contributed by atoms with E-state index < -0.39 is 11.9 Å². The highest BCUT2D eigenvalue weighted by atomic mass is 79.9. The highest BCUT2D eigenvalue weighted by Gasteiger charge is 2.16. The Bertz CT molecular complexity index is 904. The number of nitrogens with zero attached hydrogens (tertiary/aromatic N) is 4. The number of amides is 1. The van der Waals surface area contributed by atoms with Crippen molar-refractivity contribution in [3.8, 4) is 0 Å². The topological polar surface area (TPSA) is 172 Å². The second-order valence-corrected chi connectivity index (χ2v) is 6.15. The molecule has 1 amide bonds. The van der Waals surface area contributed by atoms with E-state index in [9.17, 15) is 14.4 Å². The van der Waals surface area contributed by atoms with Crippen LogP contribution in [-0.4, -0.2) is 53.6 Å². The van der Waals surface area contributed by atoms with Crippen molar-refractivity contribution in [2.75, 3.05) is 25.5 Å². The van der Waals surface area contributed by atoms with Crippen LogP contribution in [0.15, 0.2) is 37.3 Å². The number of benzene rings is 1. The van der Waals surface area contributed by atoms with E-state index in [4.69, 9.17) is 5.73 Å². The summed E-state index contributed by atoms with van der Waals surface area (Å²) < 4.78 is 22.6. The number of methoxy groups -OCH3 is 1. The fraction of sp³-hybridized carbons (Fsp3) is 0.267. The van der Waals surface area contributed by atoms with Crippen LogP contribution in [0.3, 0.4) is 0 Å². The van der Waals surface area contributed by atoms with Crippen molar-refractivity contribution in [2.24, 2.45) is 15.7 Å². The number of halogens is 2. The van der Waals surface area contributed by atoms with Crippen LogP contribution < -0.4 is 21.8 Å². The van der Waals surface area contributed by atoms with Crippen LogP contribution in [0.2, 0.25) is 0 Å². The molecule has 0 aliphatic carbocycles. The first kappa shape index (κ1) is 22.0. The highest BCUT2D eigenvalue weighted by molar-refractivity contribution is 9.10. The second-order valence-electron chi connectivity index (χ2n) is 5.30. The molecule has 156 valence electrons. The summed E-state index contributed by atoms with van der Waals surface area (Å²) in [6.07, 6.45) is -0.182. The molecule has 6 N–H and O–H groups in total. The first-order valence-electron chi connectivity index (χ1n) is 8.10. The van der Waals surface area contributed by atoms with Gasteiger partial charge in [0.25, 0.3) is 0 Å². The summed E-state index contributed by atoms with van der Waals surface area (Å²) in [5.74, 6) is -0.351. The molecule has 1 aromatic heterocycles. The number of amidine groups is 1. The smallest absolute Gasteiger partial charge is 0.413 e. The van der Waals surface area contributed by atoms with Crippen molar-refractivity contribution in [3.05, 3.63) is 34.2 Å². The lowest BCUT2D eigenvalue weighted by Gasteiger charge is -2.06. The number of hydrogen-bond acceptors (Lipinski definition) is 9. The molecule has 0 fully saturated rings. The first-order chi connectivity index (χ1) is 13.9. The number of nitrogens with one attached hydrogen (secondary N) is 3. The van der Waals surface area contributed by atoms with Crippen molar-refractivity contribution in [1.29, 1.82) is 0 Å². The van der Waals surface area contributed by atoms with Gasteiger partial charge in [-0.25, -0.2) is 18.8 Å². The minimum atomic E-state index is -0.709. The van der Waals surface area contributed by atoms with E-state index in [-0.39, 0.29) is 27.8 Å². The van der Waals surface area contributed by atoms with Gasteiger partial charge in [-0.3, -0.25) is 21.0 Å². The number of nitrogens with two attached hydrogens (primary N) is 1. The average molecular weight is 473 g/mol. The van der Waals surface area contributed by atoms with Crippen molar-refractivity contribution in [2.45, 2.75) is 6.42 Å². The molecule has 29 heavy (non-hydrogen) atoms. The minimum Gasteiger partial charge on any atom is -0.453 e. The fourth-order valence-electron chi connectivity index (χ4n) is 1.95. The maximum absolute atomic E-state index is 13.3. The quantitative estimate of drug-likeness (QED) is 0.173. The SMILES string of the molecule is COC(=O)NC(N)=NCCCNc1nonc1C(=Nc1ccc(F)c(Br)c1)NO. The summed E-state index contributed by atoms with van der Waals surface area (Å²) >= 11 is 3.06. The van der Waals surface area contributed by atoms with Gasteiger partial charge in [0.15, 0.2) is 17.5 Å². The van der Waals surface area contributed by atoms with E-state index >= 15 is 0 Å². The van der Waals surface area contributed by atoms with Crippen LogP contribution in [0.25, 0.3) is 0 Å². The summed E-state index contributed by atoms with van der Waals surface area (Å²) in [5.41, 5.74) is 7.89. The van der Waals surface area contributed by atoms with Gasteiger partial charge in [-0.15, -0.1) is 0 Å². The van der Waals surface area contributed by atoms with Crippen LogP contribution in [0.4, 0.5) is 20.7 Å². The molecule has 1 heterocycles. The molecule has 0 aliphatic rings. The van der Waals surface area contributed by atoms with Gasteiger partial charge in [0, 0.05) is 13.1 Å². The third-order valence-corrected chi connectivity index (χ3v) is 3.90. The van der Waals surface area contributed by atoms with Crippen LogP contribution in [0, 0.1) is 5.82 Å². The monoisotopic (exact) mass is 472 g/mol. The number of carbonyl (C=O) groups is 1. The van der Waals surface area contributed by atoms with Gasteiger partial charge in [0.2, 0.25) is 5.82 Å². The third-order valence-electron chi connectivity index (χ3n) is 3.29. The van der Waals surface area contributed by atoms with Crippen LogP contribution >= 0.6 is 15.9 Å². The predicted molar refractivity (Wildman–Crippen MR) is 105 cm³/mol. The number of guanidine groups is 1. The van der Waals surface area contributed by atoms with Gasteiger partial charge in [0.1, 0.15) is 5.82 Å². The van der Waals surface area contributed by atoms with Gasteiger partial charge in [0.05, 0.1) is 17.3 Å². The molecule has 0 spiro atoms. The number of rotatable bonds is 7. The van der Waals surface area contributed by atoms with Crippen LogP contribution in [-0.2, 0) is 4.74 Å². The zero-order valence-electron chi connectivity index (χ0n) is 15.1. The van der Waals surface area contributed by atoms with Gasteiger partial charge in [-0.05, 0) is 50.9 Å². The number of carbonyl (C=O) groups excluding carboxylic acids is 1. The Morgan fingerprint density at radius 2 is 2.24 bits per heavy atom. The highest BCUT2D eigenvalue weighted by Crippen LogP contribution is 2.23. The summed E-state index contributed by atoms with van der Waals surface area (Å²) in [7, 11) is 1.21. The van der Waals surface area contributed by atoms with Crippen LogP contribution in [0.5, 0.6) is 0 Å². The Morgan fingerprint density at radius 3 is 2.93 bits per heavy atom. The number of hydroxylamine groups is 1. The van der Waals surface area contributed by atoms with E-state index in [1.165, 1.54) is 25.3 Å². The van der Waals surface area contributed by atoms with Crippen molar-refractivity contribution in [3.63, 3.8) is 0 Å². The zero-order chi connectivity index (χ0) is 21.2. The average Bonchev–Trinajstić information content (AvgIpc) is 3.16. The maximum Gasteiger partial charge on any atom is 0.413 e. The third kappa shape index (κ3) is 6.69. The molecule has 0 unspecified atom stereocenters. The van der Waals surface area contributed by atoms with Crippen molar-refractivity contribution >= 4 is 45.3 Å². The largest absolute Gasteiger partial charge is 0.453 e. The lowest BCUT2D eigenvalue weighted by molar-refractivity contribution is 0.176. The van der Waals surface area contributed by atoms with E-state index in [1.807, 2.05) is 5.48 Å². The van der Waals surface area contributed by atoms with E-state index in [1.54, 1.807) is 0 Å². The maximum atomic E-state index is 13.3. The predicted octanol–water partition coefficient (Wildman–Crippen LogP) is 1.50. The molecule has 0 aliphatic heterocycles. The standard InChI is InChI=1S/C15H18BrFN8O4/c1-28-15(26)22-14(18)20-6-2-5-19-12-11(24-29-25-12)13(23-27)21-8-3-4-10(17)9(16)7-8/h3-4,7,27H,2,5-6H2,1H3,(H,19,25)(H,21,23)(H3,18,20,22,26). The molecular weight excluding hydrogens is 455 g/mol. The number of aromatic nitrogens is 2. The normalized spacial score (nSPS) is 11.9. The first-order valence-corrected chi connectivity index (χ1v) is 8.89.